The van der Waals surface area contributed by atoms with Crippen molar-refractivity contribution in [2.75, 3.05) is 31.6 Å². The van der Waals surface area contributed by atoms with Gasteiger partial charge in [-0.3, -0.25) is 0 Å². The molecular weight excluding hydrogens is 216 g/mol. The van der Waals surface area contributed by atoms with Crippen molar-refractivity contribution in [3.63, 3.8) is 0 Å². The van der Waals surface area contributed by atoms with Gasteiger partial charge in [0.15, 0.2) is 0 Å². The average Bonchev–Trinajstić information content (AvgIpc) is 2.40. The minimum absolute atomic E-state index is 0.531. The van der Waals surface area contributed by atoms with Crippen molar-refractivity contribution in [2.45, 2.75) is 25.8 Å². The molecule has 0 saturated carbocycles. The normalized spacial score (nSPS) is 20.4. The summed E-state index contributed by atoms with van der Waals surface area (Å²) in [6.45, 7) is 4.58. The van der Waals surface area contributed by atoms with Gasteiger partial charge < -0.3 is 15.0 Å². The highest BCUT2D eigenvalue weighted by molar-refractivity contribution is 5.33. The summed E-state index contributed by atoms with van der Waals surface area (Å²) in [5.41, 5.74) is 0. The zero-order valence-corrected chi connectivity index (χ0v) is 10.5. The molecule has 94 valence electrons. The highest BCUT2D eigenvalue weighted by Crippen LogP contribution is 2.17. The van der Waals surface area contributed by atoms with Crippen molar-refractivity contribution in [1.29, 1.82) is 0 Å². The van der Waals surface area contributed by atoms with E-state index in [1.807, 2.05) is 14.0 Å². The van der Waals surface area contributed by atoms with Gasteiger partial charge in [-0.15, -0.1) is 0 Å². The van der Waals surface area contributed by atoms with Gasteiger partial charge in [-0.2, -0.15) is 4.98 Å². The van der Waals surface area contributed by atoms with Crippen LogP contribution in [0.3, 0.4) is 0 Å². The molecule has 2 heterocycles. The summed E-state index contributed by atoms with van der Waals surface area (Å²) in [7, 11) is 2.01. The summed E-state index contributed by atoms with van der Waals surface area (Å²) >= 11 is 0. The molecule has 5 heteroatoms. The van der Waals surface area contributed by atoms with E-state index in [9.17, 15) is 0 Å². The fourth-order valence-electron chi connectivity index (χ4n) is 2.11. The molecule has 0 aromatic carbocycles. The molecule has 1 saturated heterocycles. The van der Waals surface area contributed by atoms with Gasteiger partial charge in [0.25, 0.3) is 0 Å². The smallest absolute Gasteiger partial charge is 0.228 e. The Morgan fingerprint density at radius 2 is 2.47 bits per heavy atom. The van der Waals surface area contributed by atoms with E-state index in [-0.39, 0.29) is 0 Å². The molecule has 0 aliphatic carbocycles. The lowest BCUT2D eigenvalue weighted by atomic mass is 10.1. The molecule has 1 unspecified atom stereocenters. The molecule has 0 bridgehead atoms. The van der Waals surface area contributed by atoms with E-state index in [4.69, 9.17) is 4.74 Å². The summed E-state index contributed by atoms with van der Waals surface area (Å²) in [5.74, 6) is 1.43. The zero-order valence-electron chi connectivity index (χ0n) is 10.5. The molecule has 0 spiro atoms. The van der Waals surface area contributed by atoms with Crippen LogP contribution in [0.15, 0.2) is 12.3 Å². The minimum Gasteiger partial charge on any atom is -0.478 e. The van der Waals surface area contributed by atoms with Crippen molar-refractivity contribution in [3.05, 3.63) is 12.3 Å². The fraction of sp³-hybridized carbons (Fsp3) is 0.667. The molecule has 2 rings (SSSR count). The first-order chi connectivity index (χ1) is 8.33. The number of nitrogens with one attached hydrogen (secondary N) is 1. The molecule has 1 atom stereocenters. The molecule has 1 aliphatic heterocycles. The van der Waals surface area contributed by atoms with Crippen LogP contribution in [0.2, 0.25) is 0 Å². The SMILES string of the molecule is CCOc1ccnc(N2CCCC(NC)C2)n1. The maximum Gasteiger partial charge on any atom is 0.228 e. The number of nitrogens with zero attached hydrogens (tertiary/aromatic N) is 3. The predicted octanol–water partition coefficient (Wildman–Crippen LogP) is 1.06. The Labute approximate surface area is 102 Å². The predicted molar refractivity (Wildman–Crippen MR) is 67.5 cm³/mol. The number of ether oxygens (including phenoxy) is 1. The van der Waals surface area contributed by atoms with E-state index in [1.165, 1.54) is 12.8 Å². The Bertz CT molecular complexity index is 358. The number of piperidine rings is 1. The number of anilines is 1. The lowest BCUT2D eigenvalue weighted by molar-refractivity contribution is 0.325. The van der Waals surface area contributed by atoms with Crippen molar-refractivity contribution >= 4 is 5.95 Å². The third-order valence-electron chi connectivity index (χ3n) is 3.02. The van der Waals surface area contributed by atoms with Gasteiger partial charge in [-0.05, 0) is 26.8 Å². The Kier molecular flexibility index (Phi) is 4.14. The average molecular weight is 236 g/mol. The largest absolute Gasteiger partial charge is 0.478 e. The Morgan fingerprint density at radius 1 is 1.59 bits per heavy atom. The fourth-order valence-corrected chi connectivity index (χ4v) is 2.11. The van der Waals surface area contributed by atoms with Gasteiger partial charge in [0.05, 0.1) is 6.61 Å². The second kappa shape index (κ2) is 5.82. The van der Waals surface area contributed by atoms with Gasteiger partial charge >= 0.3 is 0 Å². The minimum atomic E-state index is 0.531. The van der Waals surface area contributed by atoms with Crippen LogP contribution < -0.4 is 15.0 Å². The van der Waals surface area contributed by atoms with Crippen LogP contribution in [0.1, 0.15) is 19.8 Å². The number of hydrogen-bond donors (Lipinski definition) is 1. The van der Waals surface area contributed by atoms with Crippen LogP contribution in [0.25, 0.3) is 0 Å². The van der Waals surface area contributed by atoms with Crippen LogP contribution in [0.5, 0.6) is 5.88 Å². The first-order valence-electron chi connectivity index (χ1n) is 6.21. The topological polar surface area (TPSA) is 50.3 Å². The van der Waals surface area contributed by atoms with E-state index in [0.29, 0.717) is 18.5 Å². The second-order valence-electron chi connectivity index (χ2n) is 4.20. The Balaban J connectivity index is 2.07. The first-order valence-corrected chi connectivity index (χ1v) is 6.21. The molecule has 5 nitrogen and oxygen atoms in total. The maximum absolute atomic E-state index is 5.40. The van der Waals surface area contributed by atoms with Crippen LogP contribution in [0, 0.1) is 0 Å². The van der Waals surface area contributed by atoms with Crippen LogP contribution in [-0.2, 0) is 0 Å². The van der Waals surface area contributed by atoms with E-state index in [1.54, 1.807) is 12.3 Å². The second-order valence-corrected chi connectivity index (χ2v) is 4.20. The van der Waals surface area contributed by atoms with E-state index in [0.717, 1.165) is 19.0 Å². The van der Waals surface area contributed by atoms with Crippen LogP contribution in [0.4, 0.5) is 5.95 Å². The van der Waals surface area contributed by atoms with Crippen molar-refractivity contribution < 1.29 is 4.74 Å². The maximum atomic E-state index is 5.40. The molecule has 1 aromatic heterocycles. The molecule has 1 N–H and O–H groups in total. The van der Waals surface area contributed by atoms with E-state index >= 15 is 0 Å². The third kappa shape index (κ3) is 3.06. The molecule has 1 fully saturated rings. The van der Waals surface area contributed by atoms with E-state index < -0.39 is 0 Å². The van der Waals surface area contributed by atoms with Gasteiger partial charge in [-0.1, -0.05) is 0 Å². The zero-order chi connectivity index (χ0) is 12.1. The standard InChI is InChI=1S/C12H20N4O/c1-3-17-11-6-7-14-12(15-11)16-8-4-5-10(9-16)13-2/h6-7,10,13H,3-5,8-9H2,1-2H3. The number of aromatic nitrogens is 2. The molecule has 0 radical (unpaired) electrons. The van der Waals surface area contributed by atoms with E-state index in [2.05, 4.69) is 20.2 Å². The van der Waals surface area contributed by atoms with Crippen molar-refractivity contribution in [1.82, 2.24) is 15.3 Å². The number of hydrogen-bond acceptors (Lipinski definition) is 5. The lowest BCUT2D eigenvalue weighted by Crippen LogP contribution is -2.45. The molecular formula is C12H20N4O. The molecule has 0 amide bonds. The lowest BCUT2D eigenvalue weighted by Gasteiger charge is -2.32. The molecule has 17 heavy (non-hydrogen) atoms. The summed E-state index contributed by atoms with van der Waals surface area (Å²) < 4.78 is 5.40. The van der Waals surface area contributed by atoms with Crippen molar-refractivity contribution in [3.8, 4) is 5.88 Å². The van der Waals surface area contributed by atoms with Crippen LogP contribution >= 0.6 is 0 Å². The number of likely N-dealkylation sites (N-methyl/N-ethyl adjacent to an activating group) is 1. The summed E-state index contributed by atoms with van der Waals surface area (Å²) in [5, 5.41) is 3.31. The quantitative estimate of drug-likeness (QED) is 0.847. The number of rotatable bonds is 4. The monoisotopic (exact) mass is 236 g/mol. The van der Waals surface area contributed by atoms with Gasteiger partial charge in [-0.25, -0.2) is 4.98 Å². The molecule has 1 aromatic rings. The highest BCUT2D eigenvalue weighted by atomic mass is 16.5. The summed E-state index contributed by atoms with van der Waals surface area (Å²) in [6.07, 6.45) is 4.15. The van der Waals surface area contributed by atoms with Gasteiger partial charge in [0.1, 0.15) is 0 Å². The van der Waals surface area contributed by atoms with Crippen molar-refractivity contribution in [2.24, 2.45) is 0 Å². The first kappa shape index (κ1) is 12.1. The summed E-state index contributed by atoms with van der Waals surface area (Å²) in [6, 6.07) is 2.33. The Hall–Kier alpha value is -1.36. The summed E-state index contributed by atoms with van der Waals surface area (Å²) in [4.78, 5) is 11.0. The third-order valence-corrected chi connectivity index (χ3v) is 3.02. The van der Waals surface area contributed by atoms with Crippen LogP contribution in [-0.4, -0.2) is 42.8 Å². The Morgan fingerprint density at radius 3 is 3.24 bits per heavy atom. The molecule has 1 aliphatic rings. The van der Waals surface area contributed by atoms with Gasteiger partial charge in [0.2, 0.25) is 11.8 Å². The highest BCUT2D eigenvalue weighted by Gasteiger charge is 2.20. The van der Waals surface area contributed by atoms with Gasteiger partial charge in [0, 0.05) is 31.4 Å².